The average molecular weight is 520 g/mol. The molecule has 4 aromatic heterocycles. The molecule has 0 spiro atoms. The lowest BCUT2D eigenvalue weighted by Crippen LogP contribution is -2.38. The van der Waals surface area contributed by atoms with Crippen molar-refractivity contribution in [2.75, 3.05) is 4.90 Å². The topological polar surface area (TPSA) is 110 Å². The number of hydrogen-bond donors (Lipinski definition) is 2. The van der Waals surface area contributed by atoms with E-state index < -0.39 is 17.8 Å². The summed E-state index contributed by atoms with van der Waals surface area (Å²) in [5, 5.41) is 15.3. The van der Waals surface area contributed by atoms with Crippen molar-refractivity contribution >= 4 is 61.6 Å². The van der Waals surface area contributed by atoms with Crippen LogP contribution in [0.4, 0.5) is 14.6 Å². The van der Waals surface area contributed by atoms with Gasteiger partial charge in [-0.15, -0.1) is 22.7 Å². The number of nitrogens with zero attached hydrogens (tertiary/aromatic N) is 4. The van der Waals surface area contributed by atoms with Gasteiger partial charge in [0.2, 0.25) is 0 Å². The third-order valence-electron chi connectivity index (χ3n) is 4.73. The summed E-state index contributed by atoms with van der Waals surface area (Å²) in [6, 6.07) is 3.61. The summed E-state index contributed by atoms with van der Waals surface area (Å²) in [7, 11) is 0. The fourth-order valence-corrected chi connectivity index (χ4v) is 6.49. The Kier molecular flexibility index (Phi) is 6.91. The van der Waals surface area contributed by atoms with Crippen LogP contribution in [0.5, 0.6) is 0 Å². The third kappa shape index (κ3) is 5.40. The zero-order chi connectivity index (χ0) is 24.5. The van der Waals surface area contributed by atoms with Crippen molar-refractivity contribution in [2.45, 2.75) is 52.3 Å². The lowest BCUT2D eigenvalue weighted by molar-refractivity contribution is 0.0508. The molecule has 2 amide bonds. The SMILES string of the molecule is CC(Cc1sc2c(N(Cc3cccs3)C(=O)O)snc2c1-n1ccnc1)NC(=O)OC(C)(C)C. The van der Waals surface area contributed by atoms with Gasteiger partial charge in [-0.2, -0.15) is 4.37 Å². The first kappa shape index (κ1) is 24.2. The summed E-state index contributed by atoms with van der Waals surface area (Å²) in [5.41, 5.74) is 0.984. The molecule has 0 aliphatic heterocycles. The van der Waals surface area contributed by atoms with Gasteiger partial charge in [-0.1, -0.05) is 6.07 Å². The summed E-state index contributed by atoms with van der Waals surface area (Å²) >= 11 is 4.17. The Morgan fingerprint density at radius 1 is 1.35 bits per heavy atom. The van der Waals surface area contributed by atoms with Crippen LogP contribution < -0.4 is 10.2 Å². The molecule has 180 valence electrons. The lowest BCUT2D eigenvalue weighted by atomic mass is 10.2. The van der Waals surface area contributed by atoms with Crippen molar-refractivity contribution in [2.24, 2.45) is 0 Å². The maximum atomic E-state index is 12.2. The van der Waals surface area contributed by atoms with Gasteiger partial charge in [0, 0.05) is 34.6 Å². The number of hydrogen-bond acceptors (Lipinski definition) is 8. The molecular formula is C22H25N5O4S3. The molecule has 2 N–H and O–H groups in total. The number of anilines is 1. The molecule has 1 unspecified atom stereocenters. The van der Waals surface area contributed by atoms with Crippen molar-refractivity contribution in [1.29, 1.82) is 0 Å². The normalized spacial score (nSPS) is 12.6. The van der Waals surface area contributed by atoms with E-state index in [4.69, 9.17) is 4.74 Å². The molecule has 4 rings (SSSR count). The van der Waals surface area contributed by atoms with E-state index in [9.17, 15) is 14.7 Å². The molecule has 4 heterocycles. The Morgan fingerprint density at radius 2 is 2.15 bits per heavy atom. The minimum absolute atomic E-state index is 0.214. The standard InChI is InChI=1S/C22H25N5O4S3/c1-13(24-20(28)31-22(2,3)4)10-15-17(26-8-7-23-12-26)16-18(33-15)19(34-25-16)27(21(29)30)11-14-6-5-9-32-14/h5-9,12-13H,10-11H2,1-4H3,(H,24,28)(H,29,30). The van der Waals surface area contributed by atoms with Gasteiger partial charge in [-0.25, -0.2) is 14.6 Å². The van der Waals surface area contributed by atoms with Gasteiger partial charge in [0.25, 0.3) is 0 Å². The van der Waals surface area contributed by atoms with Crippen molar-refractivity contribution in [3.05, 3.63) is 46.0 Å². The predicted octanol–water partition coefficient (Wildman–Crippen LogP) is 5.75. The highest BCUT2D eigenvalue weighted by atomic mass is 32.1. The fourth-order valence-electron chi connectivity index (χ4n) is 3.41. The van der Waals surface area contributed by atoms with Crippen LogP contribution in [0, 0.1) is 0 Å². The van der Waals surface area contributed by atoms with Crippen LogP contribution in [0.3, 0.4) is 0 Å². The van der Waals surface area contributed by atoms with E-state index >= 15 is 0 Å². The van der Waals surface area contributed by atoms with E-state index in [1.165, 1.54) is 39.1 Å². The highest BCUT2D eigenvalue weighted by Crippen LogP contribution is 2.43. The largest absolute Gasteiger partial charge is 0.465 e. The number of thiophene rings is 2. The van der Waals surface area contributed by atoms with E-state index in [0.29, 0.717) is 11.4 Å². The van der Waals surface area contributed by atoms with Crippen molar-refractivity contribution in [3.63, 3.8) is 0 Å². The summed E-state index contributed by atoms with van der Waals surface area (Å²) in [6.45, 7) is 7.62. The van der Waals surface area contributed by atoms with E-state index in [1.807, 2.05) is 56.0 Å². The highest BCUT2D eigenvalue weighted by Gasteiger charge is 2.27. The maximum Gasteiger partial charge on any atom is 0.412 e. The smallest absolute Gasteiger partial charge is 0.412 e. The number of carbonyl (C=O) groups is 2. The molecule has 0 radical (unpaired) electrons. The third-order valence-corrected chi connectivity index (χ3v) is 7.79. The first-order valence-corrected chi connectivity index (χ1v) is 13.0. The monoisotopic (exact) mass is 519 g/mol. The second-order valence-corrected chi connectivity index (χ2v) is 11.6. The van der Waals surface area contributed by atoms with Gasteiger partial charge in [0.05, 0.1) is 23.3 Å². The van der Waals surface area contributed by atoms with Gasteiger partial charge in [0.15, 0.2) is 0 Å². The second kappa shape index (κ2) is 9.72. The lowest BCUT2D eigenvalue weighted by Gasteiger charge is -2.22. The van der Waals surface area contributed by atoms with Gasteiger partial charge in [-0.3, -0.25) is 4.90 Å². The van der Waals surface area contributed by atoms with Crippen LogP contribution >= 0.6 is 34.2 Å². The van der Waals surface area contributed by atoms with Gasteiger partial charge in [-0.05, 0) is 50.7 Å². The minimum atomic E-state index is -1.03. The highest BCUT2D eigenvalue weighted by molar-refractivity contribution is 7.25. The number of carbonyl (C=O) groups excluding carboxylic acids is 1. The summed E-state index contributed by atoms with van der Waals surface area (Å²) < 4.78 is 12.7. The second-order valence-electron chi connectivity index (χ2n) is 8.71. The number of alkyl carbamates (subject to hydrolysis) is 1. The van der Waals surface area contributed by atoms with E-state index in [-0.39, 0.29) is 12.6 Å². The molecule has 34 heavy (non-hydrogen) atoms. The Labute approximate surface area is 208 Å². The summed E-state index contributed by atoms with van der Waals surface area (Å²) in [5.74, 6) is 0. The van der Waals surface area contributed by atoms with Crippen LogP contribution in [0.15, 0.2) is 36.2 Å². The van der Waals surface area contributed by atoms with E-state index in [1.54, 1.807) is 12.5 Å². The minimum Gasteiger partial charge on any atom is -0.465 e. The van der Waals surface area contributed by atoms with Crippen LogP contribution in [0.1, 0.15) is 37.4 Å². The van der Waals surface area contributed by atoms with Crippen LogP contribution in [-0.2, 0) is 17.7 Å². The Balaban J connectivity index is 1.68. The molecule has 0 aromatic carbocycles. The van der Waals surface area contributed by atoms with Crippen LogP contribution in [0.2, 0.25) is 0 Å². The summed E-state index contributed by atoms with van der Waals surface area (Å²) in [6.07, 6.45) is 4.22. The molecule has 0 saturated carbocycles. The zero-order valence-corrected chi connectivity index (χ0v) is 21.6. The molecule has 4 aromatic rings. The van der Waals surface area contributed by atoms with Crippen LogP contribution in [-0.4, -0.2) is 42.9 Å². The average Bonchev–Trinajstić information content (AvgIpc) is 3.50. The first-order chi connectivity index (χ1) is 16.1. The van der Waals surface area contributed by atoms with Crippen molar-refractivity contribution in [1.82, 2.24) is 19.2 Å². The van der Waals surface area contributed by atoms with Gasteiger partial charge >= 0.3 is 12.2 Å². The number of nitrogens with one attached hydrogen (secondary N) is 1. The fraction of sp³-hybridized carbons (Fsp3) is 0.364. The number of amides is 2. The Morgan fingerprint density at radius 3 is 2.76 bits per heavy atom. The first-order valence-electron chi connectivity index (χ1n) is 10.5. The molecule has 12 heteroatoms. The number of ether oxygens (including phenoxy) is 1. The zero-order valence-electron chi connectivity index (χ0n) is 19.1. The molecule has 9 nitrogen and oxygen atoms in total. The van der Waals surface area contributed by atoms with E-state index in [2.05, 4.69) is 14.7 Å². The van der Waals surface area contributed by atoms with Gasteiger partial charge < -0.3 is 19.7 Å². The van der Waals surface area contributed by atoms with Crippen LogP contribution in [0.25, 0.3) is 15.9 Å². The Hall–Kier alpha value is -2.96. The number of rotatable bonds is 7. The number of carboxylic acid groups (broad SMARTS) is 1. The van der Waals surface area contributed by atoms with E-state index in [0.717, 1.165) is 25.7 Å². The molecule has 0 saturated heterocycles. The summed E-state index contributed by atoms with van der Waals surface area (Å²) in [4.78, 5) is 31.8. The maximum absolute atomic E-state index is 12.2. The molecule has 0 bridgehead atoms. The molecule has 1 atom stereocenters. The Bertz CT molecular complexity index is 1270. The molecule has 0 aliphatic rings. The number of fused-ring (bicyclic) bond motifs is 1. The number of imidazole rings is 1. The van der Waals surface area contributed by atoms with Crippen molar-refractivity contribution in [3.8, 4) is 5.69 Å². The van der Waals surface area contributed by atoms with Crippen molar-refractivity contribution < 1.29 is 19.4 Å². The molecule has 0 aliphatic carbocycles. The number of aromatic nitrogens is 3. The predicted molar refractivity (Wildman–Crippen MR) is 136 cm³/mol. The van der Waals surface area contributed by atoms with Gasteiger partial charge in [0.1, 0.15) is 16.1 Å². The molecule has 0 fully saturated rings. The molecular weight excluding hydrogens is 494 g/mol. The quantitative estimate of drug-likeness (QED) is 0.322.